The average Bonchev–Trinajstić information content (AvgIpc) is 2.85. The van der Waals surface area contributed by atoms with E-state index >= 15 is 0 Å². The molecule has 0 saturated heterocycles. The highest BCUT2D eigenvalue weighted by molar-refractivity contribution is 6.12. The monoisotopic (exact) mass is 338 g/mol. The predicted molar refractivity (Wildman–Crippen MR) is 94.0 cm³/mol. The molecule has 0 aliphatic rings. The van der Waals surface area contributed by atoms with Crippen molar-refractivity contribution in [2.24, 2.45) is 5.92 Å². The van der Waals surface area contributed by atoms with E-state index in [1.54, 1.807) is 32.0 Å². The molecule has 1 heterocycles. The quantitative estimate of drug-likeness (QED) is 0.647. The van der Waals surface area contributed by atoms with Gasteiger partial charge in [0.25, 0.3) is 0 Å². The summed E-state index contributed by atoms with van der Waals surface area (Å²) in [4.78, 5) is 24.4. The van der Waals surface area contributed by atoms with Crippen molar-refractivity contribution in [2.75, 3.05) is 0 Å². The second-order valence-electron chi connectivity index (χ2n) is 6.37. The summed E-state index contributed by atoms with van der Waals surface area (Å²) in [5.74, 6) is -2.38. The Labute approximate surface area is 147 Å². The highest BCUT2D eigenvalue weighted by Crippen LogP contribution is 2.13. The number of ketones is 1. The Bertz CT molecular complexity index is 813. The van der Waals surface area contributed by atoms with Gasteiger partial charge in [-0.05, 0) is 39.3 Å². The molecule has 0 unspecified atom stereocenters. The maximum absolute atomic E-state index is 12.4. The standard InChI is InChI=1S/C19H22N4O2/c1-12(2)21-19(25)17(10-20)18(24)16-7-5-15(6-8-16)11-23-14(4)9-13(3)22-23/h5-9,12,17H,11H2,1-4H3,(H,21,25)/t17-/m0/s1. The van der Waals surface area contributed by atoms with Gasteiger partial charge in [-0.2, -0.15) is 10.4 Å². The van der Waals surface area contributed by atoms with Crippen LogP contribution in [0.25, 0.3) is 0 Å². The van der Waals surface area contributed by atoms with Crippen molar-refractivity contribution in [3.8, 4) is 6.07 Å². The zero-order valence-electron chi connectivity index (χ0n) is 14.9. The fourth-order valence-corrected chi connectivity index (χ4v) is 2.55. The molecule has 1 N–H and O–H groups in total. The number of nitrogens with zero attached hydrogens (tertiary/aromatic N) is 3. The number of aryl methyl sites for hydroxylation is 2. The van der Waals surface area contributed by atoms with Crippen LogP contribution >= 0.6 is 0 Å². The summed E-state index contributed by atoms with van der Waals surface area (Å²) < 4.78 is 1.89. The molecule has 1 aromatic heterocycles. The molecule has 6 nitrogen and oxygen atoms in total. The summed E-state index contributed by atoms with van der Waals surface area (Å²) in [6.07, 6.45) is 0. The minimum absolute atomic E-state index is 0.126. The minimum Gasteiger partial charge on any atom is -0.352 e. The number of carbonyl (C=O) groups is 2. The van der Waals surface area contributed by atoms with Crippen LogP contribution in [0.5, 0.6) is 0 Å². The molecule has 0 radical (unpaired) electrons. The molecule has 1 aromatic carbocycles. The summed E-state index contributed by atoms with van der Waals surface area (Å²) in [7, 11) is 0. The van der Waals surface area contributed by atoms with Crippen molar-refractivity contribution in [2.45, 2.75) is 40.3 Å². The molecule has 2 aromatic rings. The topological polar surface area (TPSA) is 87.8 Å². The second kappa shape index (κ2) is 7.75. The van der Waals surface area contributed by atoms with Crippen molar-refractivity contribution < 1.29 is 9.59 Å². The molecular weight excluding hydrogens is 316 g/mol. The Morgan fingerprint density at radius 2 is 1.88 bits per heavy atom. The van der Waals surface area contributed by atoms with Gasteiger partial charge < -0.3 is 5.32 Å². The first-order valence-corrected chi connectivity index (χ1v) is 8.16. The van der Waals surface area contributed by atoms with Crippen LogP contribution in [0, 0.1) is 31.1 Å². The molecule has 0 saturated carbocycles. The van der Waals surface area contributed by atoms with Crippen molar-refractivity contribution >= 4 is 11.7 Å². The van der Waals surface area contributed by atoms with E-state index in [-0.39, 0.29) is 6.04 Å². The summed E-state index contributed by atoms with van der Waals surface area (Å²) >= 11 is 0. The largest absolute Gasteiger partial charge is 0.352 e. The molecule has 130 valence electrons. The number of Topliss-reactive ketones (excluding diaryl/α,β-unsaturated/α-hetero) is 1. The van der Waals surface area contributed by atoms with Gasteiger partial charge in [0.15, 0.2) is 11.7 Å². The van der Waals surface area contributed by atoms with Gasteiger partial charge in [0.2, 0.25) is 5.91 Å². The van der Waals surface area contributed by atoms with Crippen molar-refractivity contribution in [3.63, 3.8) is 0 Å². The van der Waals surface area contributed by atoms with Gasteiger partial charge in [0.05, 0.1) is 18.3 Å². The van der Waals surface area contributed by atoms with Crippen LogP contribution in [-0.4, -0.2) is 27.5 Å². The first kappa shape index (κ1) is 18.4. The zero-order chi connectivity index (χ0) is 18.6. The molecule has 0 bridgehead atoms. The van der Waals surface area contributed by atoms with Gasteiger partial charge in [-0.3, -0.25) is 14.3 Å². The van der Waals surface area contributed by atoms with Gasteiger partial charge in [0, 0.05) is 17.3 Å². The number of carbonyl (C=O) groups excluding carboxylic acids is 2. The van der Waals surface area contributed by atoms with Crippen molar-refractivity contribution in [3.05, 3.63) is 52.8 Å². The Hall–Kier alpha value is -2.94. The van der Waals surface area contributed by atoms with E-state index in [0.717, 1.165) is 17.0 Å². The number of benzene rings is 1. The van der Waals surface area contributed by atoms with E-state index < -0.39 is 17.6 Å². The summed E-state index contributed by atoms with van der Waals surface area (Å²) in [6.45, 7) is 8.09. The van der Waals surface area contributed by atoms with E-state index in [1.807, 2.05) is 36.7 Å². The molecule has 1 amide bonds. The van der Waals surface area contributed by atoms with E-state index in [1.165, 1.54) is 0 Å². The minimum atomic E-state index is -1.33. The molecule has 1 atom stereocenters. The number of hydrogen-bond donors (Lipinski definition) is 1. The van der Waals surface area contributed by atoms with Crippen LogP contribution in [0.3, 0.4) is 0 Å². The fourth-order valence-electron chi connectivity index (χ4n) is 2.55. The Balaban J connectivity index is 2.13. The lowest BCUT2D eigenvalue weighted by molar-refractivity contribution is -0.122. The molecular formula is C19H22N4O2. The van der Waals surface area contributed by atoms with Crippen molar-refractivity contribution in [1.29, 1.82) is 5.26 Å². The normalized spacial score (nSPS) is 11.8. The first-order valence-electron chi connectivity index (χ1n) is 8.16. The van der Waals surface area contributed by atoms with E-state index in [9.17, 15) is 14.9 Å². The van der Waals surface area contributed by atoms with E-state index in [4.69, 9.17) is 0 Å². The highest BCUT2D eigenvalue weighted by Gasteiger charge is 2.27. The SMILES string of the molecule is Cc1cc(C)n(Cc2ccc(C(=O)[C@H](C#N)C(=O)NC(C)C)cc2)n1. The third kappa shape index (κ3) is 4.54. The van der Waals surface area contributed by atoms with Gasteiger partial charge in [0.1, 0.15) is 0 Å². The average molecular weight is 338 g/mol. The number of nitrogens with one attached hydrogen (secondary N) is 1. The second-order valence-corrected chi connectivity index (χ2v) is 6.37. The van der Waals surface area contributed by atoms with E-state index in [0.29, 0.717) is 12.1 Å². The summed E-state index contributed by atoms with van der Waals surface area (Å²) in [5, 5.41) is 16.2. The number of amides is 1. The van der Waals surface area contributed by atoms with Crippen LogP contribution in [0.1, 0.15) is 41.2 Å². The lowest BCUT2D eigenvalue weighted by atomic mass is 9.97. The third-order valence-corrected chi connectivity index (χ3v) is 3.76. The van der Waals surface area contributed by atoms with Crippen LogP contribution < -0.4 is 5.32 Å². The summed E-state index contributed by atoms with van der Waals surface area (Å²) in [6, 6.07) is 10.6. The zero-order valence-corrected chi connectivity index (χ0v) is 14.9. The van der Waals surface area contributed by atoms with E-state index in [2.05, 4.69) is 10.4 Å². The lowest BCUT2D eigenvalue weighted by Gasteiger charge is -2.12. The fraction of sp³-hybridized carbons (Fsp3) is 0.368. The maximum atomic E-state index is 12.4. The predicted octanol–water partition coefficient (Wildman–Crippen LogP) is 2.40. The third-order valence-electron chi connectivity index (χ3n) is 3.76. The molecule has 0 fully saturated rings. The van der Waals surface area contributed by atoms with Gasteiger partial charge in [-0.1, -0.05) is 24.3 Å². The molecule has 0 aliphatic carbocycles. The first-order chi connectivity index (χ1) is 11.8. The Morgan fingerprint density at radius 3 is 2.36 bits per heavy atom. The van der Waals surface area contributed by atoms with Crippen LogP contribution in [0.4, 0.5) is 0 Å². The molecule has 6 heteroatoms. The van der Waals surface area contributed by atoms with Crippen molar-refractivity contribution in [1.82, 2.24) is 15.1 Å². The van der Waals surface area contributed by atoms with Crippen LogP contribution in [-0.2, 0) is 11.3 Å². The van der Waals surface area contributed by atoms with Crippen LogP contribution in [0.15, 0.2) is 30.3 Å². The molecule has 2 rings (SSSR count). The van der Waals surface area contributed by atoms with Crippen LogP contribution in [0.2, 0.25) is 0 Å². The highest BCUT2D eigenvalue weighted by atomic mass is 16.2. The number of rotatable bonds is 6. The molecule has 25 heavy (non-hydrogen) atoms. The number of aromatic nitrogens is 2. The van der Waals surface area contributed by atoms with Gasteiger partial charge in [-0.15, -0.1) is 0 Å². The van der Waals surface area contributed by atoms with Gasteiger partial charge >= 0.3 is 0 Å². The Morgan fingerprint density at radius 1 is 1.24 bits per heavy atom. The lowest BCUT2D eigenvalue weighted by Crippen LogP contribution is -2.38. The molecule has 0 spiro atoms. The Kier molecular flexibility index (Phi) is 5.71. The maximum Gasteiger partial charge on any atom is 0.245 e. The smallest absolute Gasteiger partial charge is 0.245 e. The number of hydrogen-bond acceptors (Lipinski definition) is 4. The molecule has 0 aliphatic heterocycles. The number of nitriles is 1. The van der Waals surface area contributed by atoms with Gasteiger partial charge in [-0.25, -0.2) is 0 Å². The summed E-state index contributed by atoms with van der Waals surface area (Å²) in [5.41, 5.74) is 3.36.